The Morgan fingerprint density at radius 2 is 2.06 bits per heavy atom. The van der Waals surface area contributed by atoms with Crippen LogP contribution in [0.1, 0.15) is 23.0 Å². The van der Waals surface area contributed by atoms with E-state index in [1.54, 1.807) is 6.20 Å². The zero-order valence-corrected chi connectivity index (χ0v) is 10.6. The molecular formula is C13H14ClN3. The van der Waals surface area contributed by atoms with Gasteiger partial charge >= 0.3 is 0 Å². The second-order valence-electron chi connectivity index (χ2n) is 3.83. The van der Waals surface area contributed by atoms with Gasteiger partial charge in [-0.05, 0) is 37.7 Å². The van der Waals surface area contributed by atoms with E-state index >= 15 is 0 Å². The highest BCUT2D eigenvalue weighted by atomic mass is 35.5. The van der Waals surface area contributed by atoms with Gasteiger partial charge in [0.1, 0.15) is 0 Å². The molecule has 4 heteroatoms. The molecule has 2 heterocycles. The summed E-state index contributed by atoms with van der Waals surface area (Å²) in [5, 5.41) is 3.87. The largest absolute Gasteiger partial charge is 0.308 e. The van der Waals surface area contributed by atoms with Crippen molar-refractivity contribution in [2.24, 2.45) is 0 Å². The van der Waals surface area contributed by atoms with E-state index in [0.29, 0.717) is 5.02 Å². The van der Waals surface area contributed by atoms with Crippen LogP contribution in [-0.4, -0.2) is 17.0 Å². The summed E-state index contributed by atoms with van der Waals surface area (Å²) >= 11 is 6.16. The highest BCUT2D eigenvalue weighted by Crippen LogP contribution is 2.25. The van der Waals surface area contributed by atoms with E-state index in [9.17, 15) is 0 Å². The van der Waals surface area contributed by atoms with Gasteiger partial charge in [-0.2, -0.15) is 0 Å². The number of aryl methyl sites for hydroxylation is 1. The predicted octanol–water partition coefficient (Wildman–Crippen LogP) is 2.75. The monoisotopic (exact) mass is 247 g/mol. The summed E-state index contributed by atoms with van der Waals surface area (Å²) in [4.78, 5) is 8.62. The van der Waals surface area contributed by atoms with E-state index in [1.165, 1.54) is 0 Å². The minimum absolute atomic E-state index is 0.0307. The van der Waals surface area contributed by atoms with Crippen molar-refractivity contribution < 1.29 is 0 Å². The van der Waals surface area contributed by atoms with Crippen LogP contribution in [-0.2, 0) is 0 Å². The fraction of sp³-hybridized carbons (Fsp3) is 0.231. The van der Waals surface area contributed by atoms with Crippen molar-refractivity contribution in [3.63, 3.8) is 0 Å². The molecule has 0 aliphatic rings. The molecule has 0 fully saturated rings. The zero-order chi connectivity index (χ0) is 12.3. The quantitative estimate of drug-likeness (QED) is 0.906. The molecular weight excluding hydrogens is 234 g/mol. The number of nitrogens with zero attached hydrogens (tertiary/aromatic N) is 2. The number of halogens is 1. The average Bonchev–Trinajstić information content (AvgIpc) is 2.35. The van der Waals surface area contributed by atoms with E-state index < -0.39 is 0 Å². The molecule has 0 aromatic carbocycles. The molecule has 2 rings (SSSR count). The Kier molecular flexibility index (Phi) is 3.71. The fourth-order valence-corrected chi connectivity index (χ4v) is 1.95. The maximum Gasteiger partial charge on any atom is 0.0804 e. The molecule has 1 atom stereocenters. The minimum atomic E-state index is -0.0307. The molecule has 17 heavy (non-hydrogen) atoms. The molecule has 88 valence electrons. The third kappa shape index (κ3) is 2.62. The van der Waals surface area contributed by atoms with E-state index in [4.69, 9.17) is 11.6 Å². The van der Waals surface area contributed by atoms with Crippen LogP contribution in [0.5, 0.6) is 0 Å². The standard InChI is InChI=1S/C13H14ClN3/c1-9-5-6-10(8-17-9)12(15-2)13-11(14)4-3-7-16-13/h3-8,12,15H,1-2H3. The van der Waals surface area contributed by atoms with Crippen molar-refractivity contribution in [2.75, 3.05) is 7.05 Å². The van der Waals surface area contributed by atoms with Crippen molar-refractivity contribution >= 4 is 11.6 Å². The highest BCUT2D eigenvalue weighted by molar-refractivity contribution is 6.31. The summed E-state index contributed by atoms with van der Waals surface area (Å²) in [5.41, 5.74) is 2.87. The molecule has 0 radical (unpaired) electrons. The molecule has 2 aromatic rings. The molecule has 1 unspecified atom stereocenters. The Bertz CT molecular complexity index is 496. The van der Waals surface area contributed by atoms with Gasteiger partial charge in [-0.15, -0.1) is 0 Å². The number of hydrogen-bond acceptors (Lipinski definition) is 3. The molecule has 2 aromatic heterocycles. The maximum absolute atomic E-state index is 6.16. The Morgan fingerprint density at radius 3 is 2.65 bits per heavy atom. The Labute approximate surface area is 106 Å². The highest BCUT2D eigenvalue weighted by Gasteiger charge is 2.16. The number of hydrogen-bond donors (Lipinski definition) is 1. The van der Waals surface area contributed by atoms with E-state index in [0.717, 1.165) is 17.0 Å². The van der Waals surface area contributed by atoms with Crippen LogP contribution in [0.4, 0.5) is 0 Å². The normalized spacial score (nSPS) is 12.4. The van der Waals surface area contributed by atoms with Crippen LogP contribution in [0, 0.1) is 6.92 Å². The lowest BCUT2D eigenvalue weighted by Gasteiger charge is -2.16. The summed E-state index contributed by atoms with van der Waals surface area (Å²) in [5.74, 6) is 0. The maximum atomic E-state index is 6.16. The summed E-state index contributed by atoms with van der Waals surface area (Å²) in [6.07, 6.45) is 3.59. The number of pyridine rings is 2. The number of nitrogens with one attached hydrogen (secondary N) is 1. The van der Waals surface area contributed by atoms with Gasteiger partial charge in [0, 0.05) is 18.1 Å². The summed E-state index contributed by atoms with van der Waals surface area (Å²) < 4.78 is 0. The van der Waals surface area contributed by atoms with Gasteiger partial charge in [-0.25, -0.2) is 0 Å². The van der Waals surface area contributed by atoms with Crippen LogP contribution >= 0.6 is 11.6 Å². The number of rotatable bonds is 3. The van der Waals surface area contributed by atoms with Crippen molar-refractivity contribution in [3.8, 4) is 0 Å². The first-order valence-electron chi connectivity index (χ1n) is 5.42. The first-order valence-corrected chi connectivity index (χ1v) is 5.80. The molecule has 1 N–H and O–H groups in total. The van der Waals surface area contributed by atoms with Gasteiger partial charge in [0.15, 0.2) is 0 Å². The zero-order valence-electron chi connectivity index (χ0n) is 9.81. The van der Waals surface area contributed by atoms with E-state index in [1.807, 2.05) is 44.4 Å². The molecule has 0 saturated carbocycles. The van der Waals surface area contributed by atoms with Gasteiger partial charge in [-0.3, -0.25) is 9.97 Å². The second-order valence-corrected chi connectivity index (χ2v) is 4.23. The Morgan fingerprint density at radius 1 is 1.24 bits per heavy atom. The van der Waals surface area contributed by atoms with Crippen molar-refractivity contribution in [3.05, 3.63) is 58.6 Å². The van der Waals surface area contributed by atoms with Crippen LogP contribution in [0.15, 0.2) is 36.7 Å². The van der Waals surface area contributed by atoms with Crippen LogP contribution < -0.4 is 5.32 Å². The van der Waals surface area contributed by atoms with Gasteiger partial charge < -0.3 is 5.32 Å². The molecule has 0 spiro atoms. The summed E-state index contributed by atoms with van der Waals surface area (Å²) in [6.45, 7) is 1.96. The Balaban J connectivity index is 2.40. The smallest absolute Gasteiger partial charge is 0.0804 e. The topological polar surface area (TPSA) is 37.8 Å². The van der Waals surface area contributed by atoms with Gasteiger partial charge in [-0.1, -0.05) is 17.7 Å². The molecule has 0 amide bonds. The first kappa shape index (κ1) is 12.0. The lowest BCUT2D eigenvalue weighted by molar-refractivity contribution is 0.668. The SMILES string of the molecule is CNC(c1ccc(C)nc1)c1ncccc1Cl. The molecule has 0 aliphatic carbocycles. The average molecular weight is 248 g/mol. The van der Waals surface area contributed by atoms with Crippen molar-refractivity contribution in [2.45, 2.75) is 13.0 Å². The summed E-state index contributed by atoms with van der Waals surface area (Å²) in [6, 6.07) is 7.66. The summed E-state index contributed by atoms with van der Waals surface area (Å²) in [7, 11) is 1.88. The first-order chi connectivity index (χ1) is 8.22. The minimum Gasteiger partial charge on any atom is -0.308 e. The van der Waals surface area contributed by atoms with Crippen LogP contribution in [0.3, 0.4) is 0 Å². The lowest BCUT2D eigenvalue weighted by atomic mass is 10.1. The molecule has 0 aliphatic heterocycles. The lowest BCUT2D eigenvalue weighted by Crippen LogP contribution is -2.19. The van der Waals surface area contributed by atoms with Crippen molar-refractivity contribution in [1.29, 1.82) is 0 Å². The van der Waals surface area contributed by atoms with Crippen LogP contribution in [0.25, 0.3) is 0 Å². The predicted molar refractivity (Wildman–Crippen MR) is 69.1 cm³/mol. The van der Waals surface area contributed by atoms with E-state index in [-0.39, 0.29) is 6.04 Å². The van der Waals surface area contributed by atoms with Gasteiger partial charge in [0.25, 0.3) is 0 Å². The van der Waals surface area contributed by atoms with Gasteiger partial charge in [0.05, 0.1) is 16.8 Å². The third-order valence-corrected chi connectivity index (χ3v) is 2.94. The Hall–Kier alpha value is -1.45. The molecule has 3 nitrogen and oxygen atoms in total. The number of aromatic nitrogens is 2. The second kappa shape index (κ2) is 5.25. The fourth-order valence-electron chi connectivity index (χ4n) is 1.72. The van der Waals surface area contributed by atoms with Crippen molar-refractivity contribution in [1.82, 2.24) is 15.3 Å². The third-order valence-electron chi connectivity index (χ3n) is 2.62. The molecule has 0 saturated heterocycles. The van der Waals surface area contributed by atoms with Crippen LogP contribution in [0.2, 0.25) is 5.02 Å². The van der Waals surface area contributed by atoms with Gasteiger partial charge in [0.2, 0.25) is 0 Å². The van der Waals surface area contributed by atoms with E-state index in [2.05, 4.69) is 15.3 Å². The molecule has 0 bridgehead atoms.